The van der Waals surface area contributed by atoms with Gasteiger partial charge in [0.25, 0.3) is 0 Å². The van der Waals surface area contributed by atoms with Crippen molar-refractivity contribution in [3.63, 3.8) is 0 Å². The molecule has 1 saturated heterocycles. The first-order valence-corrected chi connectivity index (χ1v) is 4.30. The molecule has 1 aliphatic rings. The fourth-order valence-corrected chi connectivity index (χ4v) is 1.42. The van der Waals surface area contributed by atoms with Crippen LogP contribution in [0.3, 0.4) is 0 Å². The lowest BCUT2D eigenvalue weighted by molar-refractivity contribution is 0.529. The molecule has 0 amide bonds. The summed E-state index contributed by atoms with van der Waals surface area (Å²) in [4.78, 5) is 2.39. The molecule has 1 heterocycles. The van der Waals surface area contributed by atoms with Crippen LogP contribution in [0.1, 0.15) is 5.56 Å². The normalized spacial score (nSPS) is 26.7. The third kappa shape index (κ3) is 1.56. The second kappa shape index (κ2) is 3.11. The summed E-state index contributed by atoms with van der Waals surface area (Å²) in [7, 11) is 0. The van der Waals surface area contributed by atoms with Crippen LogP contribution in [0.4, 0.5) is 0 Å². The van der Waals surface area contributed by atoms with Gasteiger partial charge < -0.3 is 0 Å². The van der Waals surface area contributed by atoms with Gasteiger partial charge in [-0.15, -0.1) is 6.58 Å². The predicted molar refractivity (Wildman–Crippen MR) is 50.8 cm³/mol. The van der Waals surface area contributed by atoms with Crippen molar-refractivity contribution in [1.82, 2.24) is 4.90 Å². The first-order valence-electron chi connectivity index (χ1n) is 4.30. The van der Waals surface area contributed by atoms with Gasteiger partial charge in [-0.05, 0) is 5.56 Å². The lowest BCUT2D eigenvalue weighted by Gasteiger charge is -2.00. The van der Waals surface area contributed by atoms with Gasteiger partial charge in [0.05, 0.1) is 0 Å². The lowest BCUT2D eigenvalue weighted by Crippen LogP contribution is -1.99. The molecule has 12 heavy (non-hydrogen) atoms. The maximum atomic E-state index is 3.77. The van der Waals surface area contributed by atoms with E-state index in [2.05, 4.69) is 41.8 Å². The zero-order chi connectivity index (χ0) is 8.39. The number of nitrogens with zero attached hydrogens (tertiary/aromatic N) is 1. The molecule has 2 atom stereocenters. The molecular weight excluding hydrogens is 146 g/mol. The summed E-state index contributed by atoms with van der Waals surface area (Å²) >= 11 is 0. The Hall–Kier alpha value is -1.08. The van der Waals surface area contributed by atoms with Crippen LogP contribution in [0.25, 0.3) is 0 Å². The zero-order valence-corrected chi connectivity index (χ0v) is 7.11. The molecule has 0 bridgehead atoms. The van der Waals surface area contributed by atoms with E-state index in [1.165, 1.54) is 12.1 Å². The first kappa shape index (κ1) is 7.56. The fraction of sp³-hybridized carbons (Fsp3) is 0.273. The SMILES string of the molecule is C=C[C@H]1CN1Cc1ccccc1. The molecule has 2 rings (SSSR count). The Morgan fingerprint density at radius 3 is 2.75 bits per heavy atom. The molecule has 1 unspecified atom stereocenters. The van der Waals surface area contributed by atoms with E-state index < -0.39 is 0 Å². The molecule has 1 aliphatic heterocycles. The van der Waals surface area contributed by atoms with E-state index in [0.29, 0.717) is 6.04 Å². The number of hydrogen-bond acceptors (Lipinski definition) is 1. The number of hydrogen-bond donors (Lipinski definition) is 0. The summed E-state index contributed by atoms with van der Waals surface area (Å²) in [6, 6.07) is 11.2. The van der Waals surface area contributed by atoms with Crippen molar-refractivity contribution in [2.45, 2.75) is 12.6 Å². The third-order valence-electron chi connectivity index (χ3n) is 2.26. The molecule has 1 nitrogen and oxygen atoms in total. The van der Waals surface area contributed by atoms with Gasteiger partial charge in [-0.1, -0.05) is 36.4 Å². The molecule has 0 N–H and O–H groups in total. The molecule has 0 saturated carbocycles. The Balaban J connectivity index is 1.93. The van der Waals surface area contributed by atoms with Gasteiger partial charge in [-0.2, -0.15) is 0 Å². The highest BCUT2D eigenvalue weighted by Gasteiger charge is 2.29. The molecule has 0 spiro atoms. The van der Waals surface area contributed by atoms with Gasteiger partial charge in [0, 0.05) is 19.1 Å². The van der Waals surface area contributed by atoms with E-state index >= 15 is 0 Å². The van der Waals surface area contributed by atoms with Crippen molar-refractivity contribution in [3.05, 3.63) is 48.6 Å². The molecule has 0 aliphatic carbocycles. The van der Waals surface area contributed by atoms with Crippen LogP contribution in [0.15, 0.2) is 43.0 Å². The highest BCUT2D eigenvalue weighted by atomic mass is 15.3. The largest absolute Gasteiger partial charge is 0.290 e. The smallest absolute Gasteiger partial charge is 0.0407 e. The van der Waals surface area contributed by atoms with Crippen LogP contribution in [0, 0.1) is 0 Å². The summed E-state index contributed by atoms with van der Waals surface area (Å²) in [6.07, 6.45) is 2.02. The molecule has 0 radical (unpaired) electrons. The van der Waals surface area contributed by atoms with E-state index in [-0.39, 0.29) is 0 Å². The maximum absolute atomic E-state index is 3.77. The van der Waals surface area contributed by atoms with Gasteiger partial charge in [-0.3, -0.25) is 4.90 Å². The van der Waals surface area contributed by atoms with E-state index in [1.54, 1.807) is 0 Å². The van der Waals surface area contributed by atoms with Crippen molar-refractivity contribution in [2.24, 2.45) is 0 Å². The third-order valence-corrected chi connectivity index (χ3v) is 2.26. The average molecular weight is 159 g/mol. The van der Waals surface area contributed by atoms with Crippen LogP contribution in [0.5, 0.6) is 0 Å². The summed E-state index contributed by atoms with van der Waals surface area (Å²) in [5.74, 6) is 0. The topological polar surface area (TPSA) is 3.01 Å². The Kier molecular flexibility index (Phi) is 1.96. The van der Waals surface area contributed by atoms with Crippen molar-refractivity contribution in [3.8, 4) is 0 Å². The average Bonchev–Trinajstić information content (AvgIpc) is 2.85. The number of benzene rings is 1. The predicted octanol–water partition coefficient (Wildman–Crippen LogP) is 2.06. The van der Waals surface area contributed by atoms with Gasteiger partial charge in [0.1, 0.15) is 0 Å². The summed E-state index contributed by atoms with van der Waals surface area (Å²) < 4.78 is 0. The minimum absolute atomic E-state index is 0.630. The Morgan fingerprint density at radius 1 is 1.42 bits per heavy atom. The molecule has 1 heteroatoms. The molecule has 62 valence electrons. The second-order valence-electron chi connectivity index (χ2n) is 3.22. The van der Waals surface area contributed by atoms with Crippen LogP contribution in [-0.4, -0.2) is 17.5 Å². The van der Waals surface area contributed by atoms with E-state index in [9.17, 15) is 0 Å². The monoisotopic (exact) mass is 159 g/mol. The highest BCUT2D eigenvalue weighted by Crippen LogP contribution is 2.20. The number of rotatable bonds is 3. The molecule has 1 fully saturated rings. The van der Waals surface area contributed by atoms with Gasteiger partial charge >= 0.3 is 0 Å². The Bertz CT molecular complexity index is 266. The van der Waals surface area contributed by atoms with Crippen LogP contribution < -0.4 is 0 Å². The summed E-state index contributed by atoms with van der Waals surface area (Å²) in [6.45, 7) is 6.02. The van der Waals surface area contributed by atoms with Gasteiger partial charge in [0.2, 0.25) is 0 Å². The summed E-state index contributed by atoms with van der Waals surface area (Å²) in [5, 5.41) is 0. The Morgan fingerprint density at radius 2 is 2.17 bits per heavy atom. The highest BCUT2D eigenvalue weighted by molar-refractivity contribution is 5.16. The maximum Gasteiger partial charge on any atom is 0.0407 e. The quantitative estimate of drug-likeness (QED) is 0.482. The minimum Gasteiger partial charge on any atom is -0.290 e. The van der Waals surface area contributed by atoms with Gasteiger partial charge in [-0.25, -0.2) is 0 Å². The van der Waals surface area contributed by atoms with Crippen LogP contribution >= 0.6 is 0 Å². The van der Waals surface area contributed by atoms with E-state index in [0.717, 1.165) is 6.54 Å². The minimum atomic E-state index is 0.630. The zero-order valence-electron chi connectivity index (χ0n) is 7.11. The second-order valence-corrected chi connectivity index (χ2v) is 3.22. The Labute approximate surface area is 73.3 Å². The van der Waals surface area contributed by atoms with Crippen molar-refractivity contribution >= 4 is 0 Å². The summed E-state index contributed by atoms with van der Waals surface area (Å²) in [5.41, 5.74) is 1.39. The van der Waals surface area contributed by atoms with Crippen molar-refractivity contribution in [1.29, 1.82) is 0 Å². The van der Waals surface area contributed by atoms with E-state index in [4.69, 9.17) is 0 Å². The van der Waals surface area contributed by atoms with Crippen molar-refractivity contribution in [2.75, 3.05) is 6.54 Å². The molecule has 1 aromatic carbocycles. The lowest BCUT2D eigenvalue weighted by atomic mass is 10.2. The first-order chi connectivity index (χ1) is 5.90. The standard InChI is InChI=1S/C11H13N/c1-2-11-9-12(11)8-10-6-4-3-5-7-10/h2-7,11H,1,8-9H2/t11-,12?/m0/s1. The van der Waals surface area contributed by atoms with Gasteiger partial charge in [0.15, 0.2) is 0 Å². The molecule has 0 aromatic heterocycles. The molecule has 1 aromatic rings. The van der Waals surface area contributed by atoms with Crippen LogP contribution in [-0.2, 0) is 6.54 Å². The van der Waals surface area contributed by atoms with Crippen LogP contribution in [0.2, 0.25) is 0 Å². The fourth-order valence-electron chi connectivity index (χ4n) is 1.42. The van der Waals surface area contributed by atoms with E-state index in [1.807, 2.05) is 6.08 Å². The molecular formula is C11H13N. The van der Waals surface area contributed by atoms with Crippen molar-refractivity contribution < 1.29 is 0 Å².